The van der Waals surface area contributed by atoms with Gasteiger partial charge in [-0.25, -0.2) is 39.9 Å². The first-order chi connectivity index (χ1) is 25.0. The molecule has 0 spiro atoms. The van der Waals surface area contributed by atoms with E-state index in [1.165, 1.54) is 12.1 Å². The van der Waals surface area contributed by atoms with Crippen molar-refractivity contribution in [3.05, 3.63) is 47.3 Å². The van der Waals surface area contributed by atoms with Crippen molar-refractivity contribution in [2.24, 2.45) is 5.14 Å². The van der Waals surface area contributed by atoms with Gasteiger partial charge in [-0.15, -0.1) is 0 Å². The van der Waals surface area contributed by atoms with Gasteiger partial charge in [-0.1, -0.05) is 44.2 Å². The number of aromatic hydroxyl groups is 1. The predicted molar refractivity (Wildman–Crippen MR) is 185 cm³/mol. The van der Waals surface area contributed by atoms with Crippen molar-refractivity contribution in [1.29, 1.82) is 0 Å². The fourth-order valence-corrected chi connectivity index (χ4v) is 7.77. The maximum absolute atomic E-state index is 15.5. The van der Waals surface area contributed by atoms with Gasteiger partial charge < -0.3 is 35.6 Å². The van der Waals surface area contributed by atoms with Gasteiger partial charge in [0, 0.05) is 31.8 Å². The van der Waals surface area contributed by atoms with Crippen LogP contribution in [0, 0.1) is 17.5 Å². The van der Waals surface area contributed by atoms with Gasteiger partial charge in [0.15, 0.2) is 32.2 Å². The summed E-state index contributed by atoms with van der Waals surface area (Å²) in [6.07, 6.45) is 4.07. The number of benzene rings is 2. The molecule has 20 heteroatoms. The van der Waals surface area contributed by atoms with Crippen molar-refractivity contribution in [2.75, 3.05) is 44.0 Å². The molecule has 0 saturated heterocycles. The number of nitrogens with one attached hydrogen (secondary N) is 3. The van der Waals surface area contributed by atoms with Crippen LogP contribution in [0.2, 0.25) is 0 Å². The number of sulfone groups is 1. The molecule has 296 valence electrons. The van der Waals surface area contributed by atoms with Crippen molar-refractivity contribution in [1.82, 2.24) is 10.6 Å². The minimum absolute atomic E-state index is 0.0109. The van der Waals surface area contributed by atoms with E-state index in [4.69, 9.17) is 14.6 Å². The lowest BCUT2D eigenvalue weighted by Gasteiger charge is -2.25. The number of hydrogen-bond acceptors (Lipinski definition) is 11. The number of hydrogen-bond donors (Lipinski definition) is 6. The fraction of sp³-hybridized carbons (Fsp3) is 0.545. The van der Waals surface area contributed by atoms with E-state index >= 15 is 8.78 Å². The second-order valence-electron chi connectivity index (χ2n) is 12.4. The Hall–Kier alpha value is -3.98. The Morgan fingerprint density at radius 1 is 0.811 bits per heavy atom. The van der Waals surface area contributed by atoms with Gasteiger partial charge in [0.05, 0.1) is 37.9 Å². The van der Waals surface area contributed by atoms with Gasteiger partial charge >= 0.3 is 5.97 Å². The van der Waals surface area contributed by atoms with Gasteiger partial charge in [-0.05, 0) is 30.5 Å². The lowest BCUT2D eigenvalue weighted by Crippen LogP contribution is -2.42. The van der Waals surface area contributed by atoms with Crippen LogP contribution in [-0.2, 0) is 50.1 Å². The smallest absolute Gasteiger partial charge is 0.326 e. The van der Waals surface area contributed by atoms with Crippen molar-refractivity contribution in [2.45, 2.75) is 86.1 Å². The number of halogens is 3. The summed E-state index contributed by atoms with van der Waals surface area (Å²) in [6, 6.07) is 4.15. The van der Waals surface area contributed by atoms with Crippen molar-refractivity contribution in [3.63, 3.8) is 0 Å². The molecule has 2 aromatic carbocycles. The molecule has 53 heavy (non-hydrogen) atoms. The number of carbonyl (C=O) groups is 3. The number of ether oxygens (including phenoxy) is 2. The normalized spacial score (nSPS) is 14.9. The first kappa shape index (κ1) is 43.4. The van der Waals surface area contributed by atoms with Crippen LogP contribution in [0.1, 0.15) is 63.4 Å². The lowest BCUT2D eigenvalue weighted by atomic mass is 9.96. The molecule has 7 N–H and O–H groups in total. The highest BCUT2D eigenvalue weighted by molar-refractivity contribution is 7.91. The summed E-state index contributed by atoms with van der Waals surface area (Å²) in [5, 5.41) is 31.1. The number of carbonyl (C=O) groups excluding carboxylic acids is 2. The van der Waals surface area contributed by atoms with E-state index in [1.807, 2.05) is 0 Å². The average Bonchev–Trinajstić information content (AvgIpc) is 3.06. The highest BCUT2D eigenvalue weighted by Crippen LogP contribution is 2.37. The van der Waals surface area contributed by atoms with Gasteiger partial charge in [-0.2, -0.15) is 0 Å². The lowest BCUT2D eigenvalue weighted by molar-refractivity contribution is -0.142. The molecular weight excluding hydrogens is 750 g/mol. The van der Waals surface area contributed by atoms with E-state index in [0.29, 0.717) is 31.2 Å². The Morgan fingerprint density at radius 3 is 2.00 bits per heavy atom. The Kier molecular flexibility index (Phi) is 16.8. The molecule has 1 aliphatic rings. The maximum atomic E-state index is 15.5. The first-order valence-corrected chi connectivity index (χ1v) is 20.2. The van der Waals surface area contributed by atoms with E-state index < -0.39 is 94.8 Å². The van der Waals surface area contributed by atoms with E-state index in [0.717, 1.165) is 19.3 Å². The van der Waals surface area contributed by atoms with Crippen LogP contribution < -0.4 is 21.1 Å². The van der Waals surface area contributed by atoms with Crippen LogP contribution in [0.15, 0.2) is 34.1 Å². The summed E-state index contributed by atoms with van der Waals surface area (Å²) in [4.78, 5) is 32.8. The molecule has 3 rings (SSSR count). The number of anilines is 1. The molecule has 2 aromatic rings. The van der Waals surface area contributed by atoms with E-state index in [-0.39, 0.29) is 51.6 Å². The molecule has 1 fully saturated rings. The largest absolute Gasteiger partial charge is 0.508 e. The monoisotopic (exact) mass is 794 g/mol. The number of amides is 2. The van der Waals surface area contributed by atoms with Crippen LogP contribution in [0.3, 0.4) is 0 Å². The second-order valence-corrected chi connectivity index (χ2v) is 16.0. The Balaban J connectivity index is 1.44. The van der Waals surface area contributed by atoms with E-state index in [2.05, 4.69) is 16.0 Å². The van der Waals surface area contributed by atoms with Gasteiger partial charge in [0.1, 0.15) is 16.7 Å². The third kappa shape index (κ3) is 13.7. The van der Waals surface area contributed by atoms with Crippen LogP contribution in [0.4, 0.5) is 18.9 Å². The minimum atomic E-state index is -5.14. The molecule has 0 heterocycles. The molecule has 1 aliphatic carbocycles. The van der Waals surface area contributed by atoms with E-state index in [9.17, 15) is 45.8 Å². The van der Waals surface area contributed by atoms with Gasteiger partial charge in [0.2, 0.25) is 21.8 Å². The van der Waals surface area contributed by atoms with Crippen LogP contribution >= 0.6 is 0 Å². The molecule has 0 unspecified atom stereocenters. The minimum Gasteiger partial charge on any atom is -0.508 e. The van der Waals surface area contributed by atoms with Crippen LogP contribution in [0.5, 0.6) is 5.75 Å². The summed E-state index contributed by atoms with van der Waals surface area (Å²) in [5.74, 6) is -9.90. The number of phenolic OH excluding ortho intramolecular Hbond substituents is 1. The SMILES string of the molecule is NS(=O)(=O)c1c(F)c(F)c(S(=O)(=O)CCC(=O)NCCOCCOCCC(=O)N[C@@H](Cc2ccc(O)cc2)C(=O)O)c(NC2CCCCCCC2)c1F. The zero-order chi connectivity index (χ0) is 39.2. The quantitative estimate of drug-likeness (QED) is 0.0838. The van der Waals surface area contributed by atoms with Crippen molar-refractivity contribution < 1.29 is 64.1 Å². The molecule has 0 aliphatic heterocycles. The Labute approximate surface area is 305 Å². The number of sulfonamides is 1. The summed E-state index contributed by atoms with van der Waals surface area (Å²) in [6.45, 7) is -0.0475. The average molecular weight is 795 g/mol. The first-order valence-electron chi connectivity index (χ1n) is 17.0. The summed E-state index contributed by atoms with van der Waals surface area (Å²) in [7, 11) is -10.0. The van der Waals surface area contributed by atoms with E-state index in [1.54, 1.807) is 12.1 Å². The van der Waals surface area contributed by atoms with Crippen molar-refractivity contribution in [3.8, 4) is 5.75 Å². The molecule has 0 radical (unpaired) electrons. The second kappa shape index (κ2) is 20.5. The standard InChI is InChI=1S/C33H45F3N4O11S2/c34-27-28(35)32(30(29(36)31(27)53(37,48)49)39-22-6-4-2-1-3-5-7-22)52(46,47)19-13-25(42)38-14-16-51-18-17-50-15-12-26(43)40-24(33(44)45)20-21-8-10-23(41)11-9-21/h8-11,22,24,39,41H,1-7,12-20H2,(H,38,42)(H,40,43)(H,44,45)(H2,37,48,49)/t24-/m0/s1. The van der Waals surface area contributed by atoms with Crippen molar-refractivity contribution >= 4 is 43.3 Å². The highest BCUT2D eigenvalue weighted by Gasteiger charge is 2.37. The van der Waals surface area contributed by atoms with Gasteiger partial charge in [0.25, 0.3) is 0 Å². The molecule has 2 amide bonds. The molecule has 1 saturated carbocycles. The Morgan fingerprint density at radius 2 is 1.40 bits per heavy atom. The summed E-state index contributed by atoms with van der Waals surface area (Å²) >= 11 is 0. The molecule has 0 aromatic heterocycles. The van der Waals surface area contributed by atoms with Gasteiger partial charge in [-0.3, -0.25) is 9.59 Å². The number of rotatable bonds is 20. The van der Waals surface area contributed by atoms with Crippen LogP contribution in [-0.4, -0.2) is 95.6 Å². The Bertz CT molecular complexity index is 1790. The van der Waals surface area contributed by atoms with Crippen LogP contribution in [0.25, 0.3) is 0 Å². The molecule has 0 bridgehead atoms. The number of primary sulfonamides is 1. The highest BCUT2D eigenvalue weighted by atomic mass is 32.2. The maximum Gasteiger partial charge on any atom is 0.326 e. The molecule has 1 atom stereocenters. The summed E-state index contributed by atoms with van der Waals surface area (Å²) in [5.41, 5.74) is -0.448. The number of nitrogens with two attached hydrogens (primary N) is 1. The zero-order valence-corrected chi connectivity index (χ0v) is 30.5. The summed E-state index contributed by atoms with van der Waals surface area (Å²) < 4.78 is 107. The number of aliphatic carboxylic acids is 1. The number of carboxylic acid groups (broad SMARTS) is 1. The number of phenols is 1. The predicted octanol–water partition coefficient (Wildman–Crippen LogP) is 2.50. The third-order valence-corrected chi connectivity index (χ3v) is 11.0. The zero-order valence-electron chi connectivity index (χ0n) is 28.9. The molecule has 15 nitrogen and oxygen atoms in total. The fourth-order valence-electron chi connectivity index (χ4n) is 5.60. The number of carboxylic acids is 1. The molecular formula is C33H45F3N4O11S2. The third-order valence-electron chi connectivity index (χ3n) is 8.31. The topological polar surface area (TPSA) is 241 Å².